The molecule has 0 amide bonds. The van der Waals surface area contributed by atoms with Gasteiger partial charge in [-0.2, -0.15) is 0 Å². The van der Waals surface area contributed by atoms with Gasteiger partial charge >= 0.3 is 17.9 Å². The fraction of sp³-hybridized carbons (Fsp3) is 0.407. The van der Waals surface area contributed by atoms with Crippen molar-refractivity contribution in [2.24, 2.45) is 5.73 Å². The predicted molar refractivity (Wildman–Crippen MR) is 134 cm³/mol. The first kappa shape index (κ1) is 30.5. The summed E-state index contributed by atoms with van der Waals surface area (Å²) in [6, 6.07) is 6.40. The average Bonchev–Trinajstić information content (AvgIpc) is 2.74. The van der Waals surface area contributed by atoms with Crippen molar-refractivity contribution in [3.63, 3.8) is 0 Å². The molecule has 0 aliphatic rings. The van der Waals surface area contributed by atoms with Crippen LogP contribution in [0.15, 0.2) is 24.3 Å². The Kier molecular flexibility index (Phi) is 11.4. The lowest BCUT2D eigenvalue weighted by molar-refractivity contribution is -0.140. The van der Waals surface area contributed by atoms with E-state index in [1.54, 1.807) is 0 Å². The van der Waals surface area contributed by atoms with E-state index in [1.165, 1.54) is 6.92 Å². The highest BCUT2D eigenvalue weighted by Crippen LogP contribution is 2.18. The van der Waals surface area contributed by atoms with Crippen LogP contribution in [0.4, 0.5) is 0 Å². The molecule has 196 valence electrons. The zero-order chi connectivity index (χ0) is 27.7. The summed E-state index contributed by atoms with van der Waals surface area (Å²) in [6.45, 7) is 11.7. The van der Waals surface area contributed by atoms with Crippen LogP contribution in [-0.4, -0.2) is 59.3 Å². The monoisotopic (exact) mass is 501 g/mol. The number of rotatable bonds is 8. The van der Waals surface area contributed by atoms with Crippen molar-refractivity contribution in [1.82, 2.24) is 0 Å². The zero-order valence-electron chi connectivity index (χ0n) is 21.8. The van der Waals surface area contributed by atoms with E-state index in [0.717, 1.165) is 33.4 Å². The molecule has 2 rings (SSSR count). The molecule has 0 saturated carbocycles. The van der Waals surface area contributed by atoms with Crippen LogP contribution in [0.1, 0.15) is 61.0 Å². The summed E-state index contributed by atoms with van der Waals surface area (Å²) in [5.41, 5.74) is 11.1. The van der Waals surface area contributed by atoms with Crippen LogP contribution in [0.5, 0.6) is 0 Å². The number of ketones is 1. The van der Waals surface area contributed by atoms with E-state index in [0.29, 0.717) is 11.1 Å². The van der Waals surface area contributed by atoms with Crippen LogP contribution < -0.4 is 5.73 Å². The lowest BCUT2D eigenvalue weighted by Crippen LogP contribution is -2.39. The fourth-order valence-electron chi connectivity index (χ4n) is 3.69. The number of benzene rings is 2. The fourth-order valence-corrected chi connectivity index (χ4v) is 3.69. The highest BCUT2D eigenvalue weighted by molar-refractivity contribution is 5.96. The van der Waals surface area contributed by atoms with E-state index in [1.807, 2.05) is 65.8 Å². The molecule has 0 saturated heterocycles. The zero-order valence-corrected chi connectivity index (χ0v) is 21.8. The number of Topliss-reactive ketones (excluding diaryl/α,β-unsaturated/α-hetero) is 1. The molecule has 0 radical (unpaired) electrons. The van der Waals surface area contributed by atoms with Gasteiger partial charge in [-0.15, -0.1) is 0 Å². The molecule has 0 aliphatic heterocycles. The topological polar surface area (TPSA) is 153 Å². The van der Waals surface area contributed by atoms with E-state index in [4.69, 9.17) is 25.4 Å². The maximum absolute atomic E-state index is 12.3. The number of aliphatic hydroxyl groups is 1. The first-order valence-electron chi connectivity index (χ1n) is 11.3. The van der Waals surface area contributed by atoms with Crippen molar-refractivity contribution in [1.29, 1.82) is 0 Å². The van der Waals surface area contributed by atoms with Crippen LogP contribution >= 0.6 is 0 Å². The highest BCUT2D eigenvalue weighted by Gasteiger charge is 2.19. The van der Waals surface area contributed by atoms with Gasteiger partial charge in [-0.25, -0.2) is 9.59 Å². The Hall–Kier alpha value is -3.56. The first-order valence-corrected chi connectivity index (χ1v) is 11.3. The third-order valence-electron chi connectivity index (χ3n) is 5.30. The Labute approximate surface area is 211 Å². The van der Waals surface area contributed by atoms with Crippen molar-refractivity contribution >= 4 is 23.7 Å². The molecule has 4 N–H and O–H groups in total. The SMILES string of the molecule is C[C@@H](O)[C@H](N)C(=O)O.Cc1cc(C)c(C(=O)OCC(=O)COC(=O)c2c(C)cc(C)cc2C)c(C)c1. The molecule has 36 heavy (non-hydrogen) atoms. The smallest absolute Gasteiger partial charge is 0.339 e. The van der Waals surface area contributed by atoms with Crippen molar-refractivity contribution < 1.29 is 38.9 Å². The molecule has 0 fully saturated rings. The van der Waals surface area contributed by atoms with Gasteiger partial charge in [0.1, 0.15) is 6.04 Å². The Balaban J connectivity index is 0.000000697. The van der Waals surface area contributed by atoms with Gasteiger partial charge in [-0.3, -0.25) is 9.59 Å². The molecule has 0 aliphatic carbocycles. The number of carbonyl (C=O) groups is 4. The number of aliphatic hydroxyl groups excluding tert-OH is 1. The first-order chi connectivity index (χ1) is 16.6. The molecule has 0 spiro atoms. The minimum atomic E-state index is -1.18. The number of aryl methyl sites for hydroxylation is 6. The normalized spacial score (nSPS) is 12.0. The lowest BCUT2D eigenvalue weighted by atomic mass is 10.00. The number of ether oxygens (including phenoxy) is 2. The molecule has 2 aromatic rings. The van der Waals surface area contributed by atoms with Gasteiger partial charge in [-0.1, -0.05) is 35.4 Å². The number of aliphatic carboxylic acids is 1. The van der Waals surface area contributed by atoms with Crippen LogP contribution in [0.3, 0.4) is 0 Å². The number of carbonyl (C=O) groups excluding carboxylic acids is 3. The van der Waals surface area contributed by atoms with Crippen molar-refractivity contribution in [3.8, 4) is 0 Å². The number of hydrogen-bond donors (Lipinski definition) is 3. The molecule has 0 heterocycles. The number of carboxylic acids is 1. The van der Waals surface area contributed by atoms with Crippen LogP contribution in [-0.2, 0) is 19.1 Å². The maximum Gasteiger partial charge on any atom is 0.339 e. The predicted octanol–water partition coefficient (Wildman–Crippen LogP) is 2.90. The summed E-state index contributed by atoms with van der Waals surface area (Å²) in [5, 5.41) is 16.6. The lowest BCUT2D eigenvalue weighted by Gasteiger charge is -2.12. The molecule has 0 aromatic heterocycles. The maximum atomic E-state index is 12.3. The Morgan fingerprint density at radius 1 is 0.750 bits per heavy atom. The van der Waals surface area contributed by atoms with E-state index in [9.17, 15) is 19.2 Å². The summed E-state index contributed by atoms with van der Waals surface area (Å²) < 4.78 is 10.2. The van der Waals surface area contributed by atoms with Crippen LogP contribution in [0, 0.1) is 41.5 Å². The number of nitrogens with two attached hydrogens (primary N) is 1. The molecular formula is C27H35NO8. The third-order valence-corrected chi connectivity index (χ3v) is 5.30. The second-order valence-electron chi connectivity index (χ2n) is 8.84. The minimum absolute atomic E-state index is 0.440. The standard InChI is InChI=1S/C23H26O5.C4H9NO3/c1-13-7-15(3)20(16(4)8-13)22(25)27-11-19(24)12-28-23(26)21-17(5)9-14(2)10-18(21)6;1-2(6)3(5)4(7)8/h7-10H,11-12H2,1-6H3;2-3,6H,5H2,1H3,(H,7,8)/t;2-,3+/m.1/s1. The quantitative estimate of drug-likeness (QED) is 0.463. The van der Waals surface area contributed by atoms with E-state index in [2.05, 4.69) is 0 Å². The number of esters is 2. The minimum Gasteiger partial charge on any atom is -0.480 e. The third kappa shape index (κ3) is 8.90. The van der Waals surface area contributed by atoms with Crippen LogP contribution in [0.2, 0.25) is 0 Å². The largest absolute Gasteiger partial charge is 0.480 e. The van der Waals surface area contributed by atoms with Gasteiger partial charge in [-0.05, 0) is 70.7 Å². The van der Waals surface area contributed by atoms with Crippen molar-refractivity contribution in [3.05, 3.63) is 68.8 Å². The van der Waals surface area contributed by atoms with E-state index >= 15 is 0 Å². The average molecular weight is 502 g/mol. The van der Waals surface area contributed by atoms with Gasteiger partial charge in [0, 0.05) is 0 Å². The van der Waals surface area contributed by atoms with Crippen LogP contribution in [0.25, 0.3) is 0 Å². The second kappa shape index (κ2) is 13.5. The van der Waals surface area contributed by atoms with Gasteiger partial charge in [0.15, 0.2) is 13.2 Å². The van der Waals surface area contributed by atoms with E-state index in [-0.39, 0.29) is 0 Å². The Morgan fingerprint density at radius 3 is 1.28 bits per heavy atom. The highest BCUT2D eigenvalue weighted by atomic mass is 16.6. The second-order valence-corrected chi connectivity index (χ2v) is 8.84. The molecule has 0 unspecified atom stereocenters. The van der Waals surface area contributed by atoms with Gasteiger partial charge in [0.25, 0.3) is 0 Å². The molecule has 0 bridgehead atoms. The Morgan fingerprint density at radius 2 is 1.06 bits per heavy atom. The number of hydrogen-bond acceptors (Lipinski definition) is 8. The summed E-state index contributed by atoms with van der Waals surface area (Å²) in [7, 11) is 0. The number of carboxylic acid groups (broad SMARTS) is 1. The Bertz CT molecular complexity index is 1020. The molecule has 2 aromatic carbocycles. The summed E-state index contributed by atoms with van der Waals surface area (Å²) in [6.07, 6.45) is -0.979. The molecule has 9 nitrogen and oxygen atoms in total. The summed E-state index contributed by atoms with van der Waals surface area (Å²) >= 11 is 0. The van der Waals surface area contributed by atoms with Crippen molar-refractivity contribution in [2.45, 2.75) is 60.6 Å². The van der Waals surface area contributed by atoms with Crippen molar-refractivity contribution in [2.75, 3.05) is 13.2 Å². The summed E-state index contributed by atoms with van der Waals surface area (Å²) in [5.74, 6) is -2.77. The van der Waals surface area contributed by atoms with Gasteiger partial charge < -0.3 is 25.4 Å². The van der Waals surface area contributed by atoms with Gasteiger partial charge in [0.2, 0.25) is 5.78 Å². The molecular weight excluding hydrogens is 466 g/mol. The summed E-state index contributed by atoms with van der Waals surface area (Å²) in [4.78, 5) is 46.5. The van der Waals surface area contributed by atoms with E-state index < -0.39 is 49.1 Å². The molecule has 2 atom stereocenters. The molecule has 9 heteroatoms. The van der Waals surface area contributed by atoms with Gasteiger partial charge in [0.05, 0.1) is 17.2 Å².